The monoisotopic (exact) mass is 308 g/mol. The lowest BCUT2D eigenvalue weighted by atomic mass is 9.95. The number of carbonyl (C=O) groups excluding carboxylic acids is 1. The molecular weight excluding hydrogens is 284 g/mol. The van der Waals surface area contributed by atoms with E-state index < -0.39 is 0 Å². The zero-order chi connectivity index (χ0) is 14.7. The zero-order valence-corrected chi connectivity index (χ0v) is 13.5. The summed E-state index contributed by atoms with van der Waals surface area (Å²) in [4.78, 5) is 16.7. The highest BCUT2D eigenvalue weighted by atomic mass is 32.1. The third-order valence-electron chi connectivity index (χ3n) is 4.56. The van der Waals surface area contributed by atoms with Gasteiger partial charge in [0, 0.05) is 23.9 Å². The molecule has 2 saturated carbocycles. The van der Waals surface area contributed by atoms with Crippen molar-refractivity contribution in [3.63, 3.8) is 0 Å². The van der Waals surface area contributed by atoms with Crippen LogP contribution in [0, 0.1) is 5.92 Å². The van der Waals surface area contributed by atoms with Gasteiger partial charge in [-0.1, -0.05) is 19.3 Å². The summed E-state index contributed by atoms with van der Waals surface area (Å²) < 4.78 is 4.98. The van der Waals surface area contributed by atoms with Crippen molar-refractivity contribution in [2.45, 2.75) is 63.5 Å². The topological polar surface area (TPSA) is 51.2 Å². The van der Waals surface area contributed by atoms with Crippen molar-refractivity contribution in [2.24, 2.45) is 5.92 Å². The third-order valence-corrected chi connectivity index (χ3v) is 5.62. The van der Waals surface area contributed by atoms with Gasteiger partial charge in [0.25, 0.3) is 0 Å². The third kappa shape index (κ3) is 3.83. The summed E-state index contributed by atoms with van der Waals surface area (Å²) in [7, 11) is 1.49. The standard InChI is InChI=1S/C16H24N2O2S/c1-20-16(19)13-5-3-2-4-6-14(13)17-9-12-10-21-15(18-12)11-7-8-11/h10-11,13-14,17H,2-9H2,1H3. The first-order valence-corrected chi connectivity index (χ1v) is 8.91. The number of ether oxygens (including phenoxy) is 1. The average molecular weight is 308 g/mol. The van der Waals surface area contributed by atoms with E-state index in [9.17, 15) is 4.79 Å². The summed E-state index contributed by atoms with van der Waals surface area (Å²) in [6.45, 7) is 0.765. The van der Waals surface area contributed by atoms with Gasteiger partial charge in [-0.25, -0.2) is 4.98 Å². The first kappa shape index (κ1) is 15.0. The van der Waals surface area contributed by atoms with Gasteiger partial charge in [0.15, 0.2) is 0 Å². The van der Waals surface area contributed by atoms with Crippen LogP contribution in [-0.4, -0.2) is 24.1 Å². The van der Waals surface area contributed by atoms with Crippen LogP contribution in [0.15, 0.2) is 5.38 Å². The maximum atomic E-state index is 12.0. The van der Waals surface area contributed by atoms with E-state index in [2.05, 4.69) is 10.7 Å². The lowest BCUT2D eigenvalue weighted by molar-refractivity contribution is -0.146. The molecule has 116 valence electrons. The number of hydrogen-bond acceptors (Lipinski definition) is 5. The van der Waals surface area contributed by atoms with E-state index in [-0.39, 0.29) is 17.9 Å². The Hall–Kier alpha value is -0.940. The zero-order valence-electron chi connectivity index (χ0n) is 12.6. The summed E-state index contributed by atoms with van der Waals surface area (Å²) in [5.74, 6) is 0.662. The quantitative estimate of drug-likeness (QED) is 0.670. The molecule has 0 aromatic carbocycles. The van der Waals surface area contributed by atoms with E-state index >= 15 is 0 Å². The second kappa shape index (κ2) is 6.88. The van der Waals surface area contributed by atoms with Crippen molar-refractivity contribution in [2.75, 3.05) is 7.11 Å². The van der Waals surface area contributed by atoms with Crippen LogP contribution in [0.25, 0.3) is 0 Å². The smallest absolute Gasteiger partial charge is 0.310 e. The predicted molar refractivity (Wildman–Crippen MR) is 83.3 cm³/mol. The van der Waals surface area contributed by atoms with Crippen LogP contribution in [-0.2, 0) is 16.1 Å². The van der Waals surface area contributed by atoms with Crippen LogP contribution in [0.4, 0.5) is 0 Å². The Bertz CT molecular complexity index is 484. The van der Waals surface area contributed by atoms with Crippen LogP contribution in [0.2, 0.25) is 0 Å². The van der Waals surface area contributed by atoms with Crippen LogP contribution in [0.1, 0.15) is 61.6 Å². The molecule has 2 unspecified atom stereocenters. The van der Waals surface area contributed by atoms with Crippen molar-refractivity contribution >= 4 is 17.3 Å². The van der Waals surface area contributed by atoms with Gasteiger partial charge in [0.2, 0.25) is 0 Å². The van der Waals surface area contributed by atoms with Gasteiger partial charge in [-0.15, -0.1) is 11.3 Å². The van der Waals surface area contributed by atoms with Crippen LogP contribution in [0.5, 0.6) is 0 Å². The van der Waals surface area contributed by atoms with Crippen LogP contribution < -0.4 is 5.32 Å². The van der Waals surface area contributed by atoms with Gasteiger partial charge in [-0.05, 0) is 25.7 Å². The maximum Gasteiger partial charge on any atom is 0.310 e. The minimum Gasteiger partial charge on any atom is -0.469 e. The number of aromatic nitrogens is 1. The Morgan fingerprint density at radius 2 is 2.14 bits per heavy atom. The van der Waals surface area contributed by atoms with Crippen molar-refractivity contribution in [1.82, 2.24) is 10.3 Å². The fourth-order valence-corrected chi connectivity index (χ4v) is 4.13. The number of esters is 1. The summed E-state index contributed by atoms with van der Waals surface area (Å²) in [5, 5.41) is 7.01. The molecule has 0 saturated heterocycles. The SMILES string of the molecule is COC(=O)C1CCCCCC1NCc1csc(C2CC2)n1. The van der Waals surface area contributed by atoms with Crippen molar-refractivity contribution in [3.8, 4) is 0 Å². The van der Waals surface area contributed by atoms with Gasteiger partial charge >= 0.3 is 5.97 Å². The molecule has 0 bridgehead atoms. The van der Waals surface area contributed by atoms with Crippen molar-refractivity contribution in [3.05, 3.63) is 16.1 Å². The second-order valence-corrected chi connectivity index (χ2v) is 7.10. The summed E-state index contributed by atoms with van der Waals surface area (Å²) in [6, 6.07) is 0.228. The predicted octanol–water partition coefficient (Wildman–Crippen LogP) is 3.23. The minimum absolute atomic E-state index is 0.000891. The molecule has 0 amide bonds. The van der Waals surface area contributed by atoms with E-state index in [1.165, 1.54) is 37.8 Å². The average Bonchev–Trinajstić information content (AvgIpc) is 3.29. The highest BCUT2D eigenvalue weighted by molar-refractivity contribution is 7.09. The van der Waals surface area contributed by atoms with E-state index in [0.29, 0.717) is 0 Å². The molecule has 1 aromatic rings. The van der Waals surface area contributed by atoms with Gasteiger partial charge in [0.1, 0.15) is 0 Å². The molecule has 0 radical (unpaired) electrons. The number of nitrogens with zero attached hydrogens (tertiary/aromatic N) is 1. The molecule has 2 fully saturated rings. The van der Waals surface area contributed by atoms with Gasteiger partial charge in [-0.3, -0.25) is 4.79 Å². The Morgan fingerprint density at radius 3 is 2.90 bits per heavy atom. The molecule has 1 N–H and O–H groups in total. The second-order valence-electron chi connectivity index (χ2n) is 6.21. The molecule has 3 rings (SSSR count). The van der Waals surface area contributed by atoms with E-state index in [0.717, 1.165) is 37.4 Å². The summed E-state index contributed by atoms with van der Waals surface area (Å²) in [6.07, 6.45) is 8.12. The Balaban J connectivity index is 1.58. The molecular formula is C16H24N2O2S. The fraction of sp³-hybridized carbons (Fsp3) is 0.750. The van der Waals surface area contributed by atoms with Gasteiger partial charge in [-0.2, -0.15) is 0 Å². The highest BCUT2D eigenvalue weighted by Gasteiger charge is 2.30. The van der Waals surface area contributed by atoms with Crippen molar-refractivity contribution < 1.29 is 9.53 Å². The number of rotatable bonds is 5. The molecule has 0 spiro atoms. The Labute approximate surface area is 130 Å². The normalized spacial score (nSPS) is 26.3. The molecule has 4 nitrogen and oxygen atoms in total. The van der Waals surface area contributed by atoms with E-state index in [4.69, 9.17) is 9.72 Å². The Morgan fingerprint density at radius 1 is 1.33 bits per heavy atom. The molecule has 1 aromatic heterocycles. The molecule has 2 aliphatic rings. The maximum absolute atomic E-state index is 12.0. The lowest BCUT2D eigenvalue weighted by Crippen LogP contribution is -2.39. The molecule has 0 aliphatic heterocycles. The first-order valence-electron chi connectivity index (χ1n) is 8.03. The summed E-state index contributed by atoms with van der Waals surface area (Å²) >= 11 is 1.78. The minimum atomic E-state index is -0.0636. The number of carbonyl (C=O) groups is 1. The fourth-order valence-electron chi connectivity index (χ4n) is 3.14. The van der Waals surface area contributed by atoms with Crippen LogP contribution >= 0.6 is 11.3 Å². The number of methoxy groups -OCH3 is 1. The molecule has 2 aliphatic carbocycles. The molecule has 1 heterocycles. The van der Waals surface area contributed by atoms with E-state index in [1.54, 1.807) is 11.3 Å². The van der Waals surface area contributed by atoms with Crippen molar-refractivity contribution in [1.29, 1.82) is 0 Å². The van der Waals surface area contributed by atoms with Crippen LogP contribution in [0.3, 0.4) is 0 Å². The van der Waals surface area contributed by atoms with E-state index in [1.807, 2.05) is 0 Å². The lowest BCUT2D eigenvalue weighted by Gasteiger charge is -2.23. The number of thiazole rings is 1. The Kier molecular flexibility index (Phi) is 4.91. The van der Waals surface area contributed by atoms with Gasteiger partial charge in [0.05, 0.1) is 23.7 Å². The molecule has 2 atom stereocenters. The highest BCUT2D eigenvalue weighted by Crippen LogP contribution is 2.41. The first-order chi connectivity index (χ1) is 10.3. The summed E-state index contributed by atoms with van der Waals surface area (Å²) in [5.41, 5.74) is 1.12. The number of hydrogen-bond donors (Lipinski definition) is 1. The molecule has 21 heavy (non-hydrogen) atoms. The largest absolute Gasteiger partial charge is 0.469 e. The number of nitrogens with one attached hydrogen (secondary N) is 1. The van der Waals surface area contributed by atoms with Gasteiger partial charge < -0.3 is 10.1 Å². The molecule has 5 heteroatoms.